The SMILES string of the molecule is CCCOc1ccc2c(c1)[C@@H](c1ccc(OC)cc1OCCO)[C@H](C(=O)O)[C@H]2c1ccc2c(c1)OCO2.NCCN. The second-order valence-corrected chi connectivity index (χ2v) is 9.62. The lowest BCUT2D eigenvalue weighted by molar-refractivity contribution is -0.142. The van der Waals surface area contributed by atoms with E-state index in [9.17, 15) is 15.0 Å². The Hall–Kier alpha value is -3.99. The van der Waals surface area contributed by atoms with Gasteiger partial charge in [0.2, 0.25) is 6.79 Å². The van der Waals surface area contributed by atoms with Gasteiger partial charge in [-0.25, -0.2) is 0 Å². The molecule has 3 aromatic carbocycles. The highest BCUT2D eigenvalue weighted by Gasteiger charge is 2.48. The number of benzene rings is 3. The summed E-state index contributed by atoms with van der Waals surface area (Å²) in [6, 6.07) is 16.8. The fourth-order valence-electron chi connectivity index (χ4n) is 5.31. The van der Waals surface area contributed by atoms with Crippen LogP contribution in [-0.4, -0.2) is 63.0 Å². The molecule has 0 fully saturated rings. The largest absolute Gasteiger partial charge is 0.497 e. The monoisotopic (exact) mass is 566 g/mol. The molecule has 41 heavy (non-hydrogen) atoms. The van der Waals surface area contributed by atoms with Crippen molar-refractivity contribution in [3.63, 3.8) is 0 Å². The summed E-state index contributed by atoms with van der Waals surface area (Å²) in [5.74, 6) is 0.246. The van der Waals surface area contributed by atoms with E-state index in [0.29, 0.717) is 54.0 Å². The molecule has 10 heteroatoms. The van der Waals surface area contributed by atoms with Gasteiger partial charge in [0.05, 0.1) is 26.2 Å². The van der Waals surface area contributed by atoms with Gasteiger partial charge in [-0.3, -0.25) is 4.79 Å². The van der Waals surface area contributed by atoms with Crippen molar-refractivity contribution in [3.05, 3.63) is 76.9 Å². The Morgan fingerprint density at radius 3 is 2.29 bits per heavy atom. The molecule has 220 valence electrons. The molecule has 0 bridgehead atoms. The molecule has 3 atom stereocenters. The summed E-state index contributed by atoms with van der Waals surface area (Å²) in [4.78, 5) is 13.0. The van der Waals surface area contributed by atoms with Crippen molar-refractivity contribution >= 4 is 5.97 Å². The molecule has 0 spiro atoms. The number of carboxylic acids is 1. The molecule has 5 rings (SSSR count). The molecule has 0 radical (unpaired) electrons. The molecule has 1 aliphatic heterocycles. The van der Waals surface area contributed by atoms with E-state index in [1.54, 1.807) is 19.2 Å². The van der Waals surface area contributed by atoms with Crippen LogP contribution in [0.2, 0.25) is 0 Å². The van der Waals surface area contributed by atoms with Gasteiger partial charge in [0.15, 0.2) is 11.5 Å². The van der Waals surface area contributed by atoms with Gasteiger partial charge >= 0.3 is 5.97 Å². The lowest BCUT2D eigenvalue weighted by Crippen LogP contribution is -2.24. The summed E-state index contributed by atoms with van der Waals surface area (Å²) in [5, 5.41) is 20.0. The number of carboxylic acid groups (broad SMARTS) is 1. The third kappa shape index (κ3) is 6.51. The van der Waals surface area contributed by atoms with Crippen LogP contribution in [0.3, 0.4) is 0 Å². The Kier molecular flexibility index (Phi) is 10.3. The Morgan fingerprint density at radius 1 is 0.878 bits per heavy atom. The van der Waals surface area contributed by atoms with Crippen molar-refractivity contribution in [3.8, 4) is 28.7 Å². The van der Waals surface area contributed by atoms with Crippen molar-refractivity contribution < 1.29 is 38.7 Å². The van der Waals surface area contributed by atoms with Crippen LogP contribution in [0.5, 0.6) is 28.7 Å². The van der Waals surface area contributed by atoms with Gasteiger partial charge < -0.3 is 45.4 Å². The second-order valence-electron chi connectivity index (χ2n) is 9.62. The number of hydrogen-bond donors (Lipinski definition) is 4. The Morgan fingerprint density at radius 2 is 1.61 bits per heavy atom. The highest BCUT2D eigenvalue weighted by Crippen LogP contribution is 2.56. The predicted octanol–water partition coefficient (Wildman–Crippen LogP) is 3.47. The number of rotatable bonds is 11. The van der Waals surface area contributed by atoms with E-state index in [1.807, 2.05) is 49.4 Å². The van der Waals surface area contributed by atoms with E-state index < -0.39 is 23.7 Å². The predicted molar refractivity (Wildman–Crippen MR) is 153 cm³/mol. The number of methoxy groups -OCH3 is 1. The van der Waals surface area contributed by atoms with Crippen molar-refractivity contribution in [2.24, 2.45) is 17.4 Å². The van der Waals surface area contributed by atoms with Gasteiger partial charge in [0, 0.05) is 36.6 Å². The van der Waals surface area contributed by atoms with E-state index >= 15 is 0 Å². The Balaban J connectivity index is 0.000000909. The maximum absolute atomic E-state index is 13.0. The molecule has 3 aromatic rings. The lowest BCUT2D eigenvalue weighted by atomic mass is 9.79. The van der Waals surface area contributed by atoms with Crippen LogP contribution in [0, 0.1) is 5.92 Å². The molecular formula is C31H38N2O8. The molecule has 1 heterocycles. The molecule has 0 aromatic heterocycles. The maximum Gasteiger partial charge on any atom is 0.308 e. The summed E-state index contributed by atoms with van der Waals surface area (Å²) in [6.07, 6.45) is 0.857. The highest BCUT2D eigenvalue weighted by molar-refractivity contribution is 5.78. The van der Waals surface area contributed by atoms with E-state index in [4.69, 9.17) is 35.2 Å². The van der Waals surface area contributed by atoms with Crippen LogP contribution >= 0.6 is 0 Å². The number of fused-ring (bicyclic) bond motifs is 2. The summed E-state index contributed by atoms with van der Waals surface area (Å²) >= 11 is 0. The minimum Gasteiger partial charge on any atom is -0.497 e. The van der Waals surface area contributed by atoms with Gasteiger partial charge in [-0.15, -0.1) is 0 Å². The first-order valence-electron chi connectivity index (χ1n) is 13.7. The number of ether oxygens (including phenoxy) is 5. The number of hydrogen-bond acceptors (Lipinski definition) is 9. The van der Waals surface area contributed by atoms with E-state index in [1.165, 1.54) is 0 Å². The van der Waals surface area contributed by atoms with Crippen molar-refractivity contribution in [2.45, 2.75) is 25.2 Å². The zero-order chi connectivity index (χ0) is 29.4. The smallest absolute Gasteiger partial charge is 0.308 e. The van der Waals surface area contributed by atoms with Crippen molar-refractivity contribution in [1.82, 2.24) is 0 Å². The average molecular weight is 567 g/mol. The summed E-state index contributed by atoms with van der Waals surface area (Å²) in [6.45, 7) is 3.83. The average Bonchev–Trinajstić information content (AvgIpc) is 3.60. The quantitative estimate of drug-likeness (QED) is 0.271. The van der Waals surface area contributed by atoms with Crippen LogP contribution in [0.15, 0.2) is 54.6 Å². The third-order valence-corrected chi connectivity index (χ3v) is 7.03. The second kappa shape index (κ2) is 14.1. The normalized spacial score (nSPS) is 18.2. The molecule has 10 nitrogen and oxygen atoms in total. The van der Waals surface area contributed by atoms with E-state index in [0.717, 1.165) is 23.1 Å². The molecule has 0 saturated heterocycles. The molecular weight excluding hydrogens is 528 g/mol. The molecule has 0 amide bonds. The van der Waals surface area contributed by atoms with Crippen molar-refractivity contribution in [2.75, 3.05) is 46.8 Å². The highest BCUT2D eigenvalue weighted by atomic mass is 16.7. The molecule has 0 unspecified atom stereocenters. The molecule has 1 aliphatic carbocycles. The van der Waals surface area contributed by atoms with Gasteiger partial charge in [0.25, 0.3) is 0 Å². The number of aliphatic carboxylic acids is 1. The molecule has 2 aliphatic rings. The van der Waals surface area contributed by atoms with Crippen LogP contribution in [0.1, 0.15) is 47.4 Å². The van der Waals surface area contributed by atoms with Gasteiger partial charge in [-0.05, 0) is 53.4 Å². The van der Waals surface area contributed by atoms with Crippen LogP contribution in [-0.2, 0) is 4.79 Å². The number of aliphatic hydroxyl groups is 1. The zero-order valence-corrected chi connectivity index (χ0v) is 23.4. The van der Waals surface area contributed by atoms with Crippen LogP contribution < -0.4 is 35.2 Å². The summed E-state index contributed by atoms with van der Waals surface area (Å²) in [5.41, 5.74) is 13.1. The topological polar surface area (TPSA) is 156 Å². The first-order valence-corrected chi connectivity index (χ1v) is 13.7. The fraction of sp³-hybridized carbons (Fsp3) is 0.387. The Bertz CT molecular complexity index is 1330. The maximum atomic E-state index is 13.0. The van der Waals surface area contributed by atoms with Gasteiger partial charge in [0.1, 0.15) is 23.9 Å². The minimum absolute atomic E-state index is 0.0721. The number of aliphatic hydroxyl groups excluding tert-OH is 1. The third-order valence-electron chi connectivity index (χ3n) is 7.03. The van der Waals surface area contributed by atoms with Gasteiger partial charge in [-0.1, -0.05) is 25.1 Å². The molecule has 0 saturated carbocycles. The van der Waals surface area contributed by atoms with E-state index in [2.05, 4.69) is 0 Å². The number of carbonyl (C=O) groups is 1. The van der Waals surface area contributed by atoms with Crippen LogP contribution in [0.25, 0.3) is 0 Å². The summed E-state index contributed by atoms with van der Waals surface area (Å²) in [7, 11) is 1.56. The summed E-state index contributed by atoms with van der Waals surface area (Å²) < 4.78 is 28.3. The van der Waals surface area contributed by atoms with E-state index in [-0.39, 0.29) is 20.0 Å². The van der Waals surface area contributed by atoms with Gasteiger partial charge in [-0.2, -0.15) is 0 Å². The standard InChI is InChI=1S/C29H30O8.C2H8N2/c1-3-11-34-19-6-7-20-22(14-19)27(21-8-5-18(33-2)15-24(21)35-12-10-30)28(29(31)32)26(20)17-4-9-23-25(13-17)37-16-36-23;3-1-2-4/h4-9,13-15,26-28,30H,3,10-12,16H2,1-2H3,(H,31,32);1-4H2/t26-,27+,28+;/m0./s1. The lowest BCUT2D eigenvalue weighted by Gasteiger charge is -2.25. The first kappa shape index (κ1) is 30.0. The minimum atomic E-state index is -0.927. The number of nitrogens with two attached hydrogens (primary N) is 2. The zero-order valence-electron chi connectivity index (χ0n) is 23.4. The fourth-order valence-corrected chi connectivity index (χ4v) is 5.31. The molecule has 6 N–H and O–H groups in total. The van der Waals surface area contributed by atoms with Crippen molar-refractivity contribution in [1.29, 1.82) is 0 Å². The first-order chi connectivity index (χ1) is 20.0. The van der Waals surface area contributed by atoms with Crippen LogP contribution in [0.4, 0.5) is 0 Å². The Labute approximate surface area is 239 Å².